The number of carbonyl (C=O) groups is 1. The number of carboxylic acids is 1. The fourth-order valence-corrected chi connectivity index (χ4v) is 1.34. The van der Waals surface area contributed by atoms with Crippen LogP contribution in [0, 0.1) is 0 Å². The number of anilines is 1. The summed E-state index contributed by atoms with van der Waals surface area (Å²) >= 11 is 0. The normalized spacial score (nSPS) is 11.2. The highest BCUT2D eigenvalue weighted by molar-refractivity contribution is 5.88. The monoisotopic (exact) mass is 234 g/mol. The van der Waals surface area contributed by atoms with Gasteiger partial charge >= 0.3 is 5.97 Å². The van der Waals surface area contributed by atoms with Gasteiger partial charge in [-0.3, -0.25) is 0 Å². The van der Waals surface area contributed by atoms with Crippen molar-refractivity contribution in [2.45, 2.75) is 26.2 Å². The Bertz CT molecular complexity index is 396. The maximum Gasteiger partial charge on any atom is 0.335 e. The Kier molecular flexibility index (Phi) is 5.07. The van der Waals surface area contributed by atoms with E-state index in [1.54, 1.807) is 30.5 Å². The van der Waals surface area contributed by atoms with E-state index in [2.05, 4.69) is 12.2 Å². The van der Waals surface area contributed by atoms with Gasteiger partial charge < -0.3 is 16.2 Å². The summed E-state index contributed by atoms with van der Waals surface area (Å²) in [5.74, 6) is -0.922. The van der Waals surface area contributed by atoms with E-state index < -0.39 is 5.97 Å². The van der Waals surface area contributed by atoms with Crippen LogP contribution in [-0.2, 0) is 0 Å². The van der Waals surface area contributed by atoms with Gasteiger partial charge in [0.15, 0.2) is 0 Å². The molecular formula is C13H18N2O2. The minimum Gasteiger partial charge on any atom is -0.478 e. The first kappa shape index (κ1) is 13.1. The van der Waals surface area contributed by atoms with Gasteiger partial charge in [0.2, 0.25) is 0 Å². The van der Waals surface area contributed by atoms with Crippen molar-refractivity contribution in [1.82, 2.24) is 0 Å². The molecule has 4 heteroatoms. The number of hydrogen-bond donors (Lipinski definition) is 3. The van der Waals surface area contributed by atoms with E-state index in [-0.39, 0.29) is 5.56 Å². The van der Waals surface area contributed by atoms with Gasteiger partial charge in [0.05, 0.1) is 5.56 Å². The molecule has 0 unspecified atom stereocenters. The molecule has 0 fully saturated rings. The molecule has 0 heterocycles. The van der Waals surface area contributed by atoms with Gasteiger partial charge in [0, 0.05) is 17.6 Å². The molecule has 0 aliphatic carbocycles. The molecule has 0 aliphatic heterocycles. The van der Waals surface area contributed by atoms with E-state index in [0.29, 0.717) is 0 Å². The third-order valence-electron chi connectivity index (χ3n) is 2.38. The summed E-state index contributed by atoms with van der Waals surface area (Å²) in [4.78, 5) is 10.6. The lowest BCUT2D eigenvalue weighted by Crippen LogP contribution is -2.01. The highest BCUT2D eigenvalue weighted by Crippen LogP contribution is 2.10. The Morgan fingerprint density at radius 3 is 2.59 bits per heavy atom. The van der Waals surface area contributed by atoms with Crippen LogP contribution in [0.4, 0.5) is 5.69 Å². The molecule has 1 rings (SSSR count). The lowest BCUT2D eigenvalue weighted by Gasteiger charge is -2.04. The zero-order valence-electron chi connectivity index (χ0n) is 9.94. The van der Waals surface area contributed by atoms with Crippen molar-refractivity contribution in [2.75, 3.05) is 5.32 Å². The second-order valence-electron chi connectivity index (χ2n) is 3.85. The molecule has 0 amide bonds. The minimum atomic E-state index is -0.922. The molecule has 0 aliphatic rings. The molecule has 0 saturated carbocycles. The van der Waals surface area contributed by atoms with Gasteiger partial charge in [-0.2, -0.15) is 0 Å². The number of hydrogen-bond acceptors (Lipinski definition) is 3. The van der Waals surface area contributed by atoms with Crippen LogP contribution in [-0.4, -0.2) is 11.1 Å². The molecule has 0 saturated heterocycles. The molecule has 92 valence electrons. The summed E-state index contributed by atoms with van der Waals surface area (Å²) < 4.78 is 0. The van der Waals surface area contributed by atoms with Crippen molar-refractivity contribution >= 4 is 11.7 Å². The summed E-state index contributed by atoms with van der Waals surface area (Å²) in [6.45, 7) is 2.12. The SMILES string of the molecule is CCCC/C(N)=C/Nc1ccc(C(=O)O)cc1. The molecule has 4 nitrogen and oxygen atoms in total. The molecule has 17 heavy (non-hydrogen) atoms. The summed E-state index contributed by atoms with van der Waals surface area (Å²) in [7, 11) is 0. The maximum atomic E-state index is 10.6. The first-order valence-electron chi connectivity index (χ1n) is 5.68. The minimum absolute atomic E-state index is 0.276. The number of carboxylic acid groups (broad SMARTS) is 1. The van der Waals surface area contributed by atoms with E-state index in [4.69, 9.17) is 10.8 Å². The van der Waals surface area contributed by atoms with Crippen LogP contribution in [0.25, 0.3) is 0 Å². The van der Waals surface area contributed by atoms with Gasteiger partial charge in [0.25, 0.3) is 0 Å². The Morgan fingerprint density at radius 1 is 1.41 bits per heavy atom. The second kappa shape index (κ2) is 6.58. The number of rotatable bonds is 6. The topological polar surface area (TPSA) is 75.3 Å². The summed E-state index contributed by atoms with van der Waals surface area (Å²) in [6, 6.07) is 6.54. The van der Waals surface area contributed by atoms with Gasteiger partial charge in [-0.05, 0) is 37.1 Å². The average Bonchev–Trinajstić information content (AvgIpc) is 2.34. The third kappa shape index (κ3) is 4.59. The van der Waals surface area contributed by atoms with Crippen LogP contribution >= 0.6 is 0 Å². The molecule has 0 aromatic heterocycles. The van der Waals surface area contributed by atoms with Crippen LogP contribution in [0.3, 0.4) is 0 Å². The van der Waals surface area contributed by atoms with Gasteiger partial charge in [0.1, 0.15) is 0 Å². The predicted octanol–water partition coefficient (Wildman–Crippen LogP) is 2.79. The largest absolute Gasteiger partial charge is 0.478 e. The first-order valence-corrected chi connectivity index (χ1v) is 5.68. The Morgan fingerprint density at radius 2 is 2.06 bits per heavy atom. The van der Waals surface area contributed by atoms with E-state index in [1.807, 2.05) is 0 Å². The molecule has 0 atom stereocenters. The van der Waals surface area contributed by atoms with Crippen molar-refractivity contribution in [1.29, 1.82) is 0 Å². The summed E-state index contributed by atoms with van der Waals surface area (Å²) in [6.07, 6.45) is 4.81. The van der Waals surface area contributed by atoms with Crippen molar-refractivity contribution in [3.8, 4) is 0 Å². The summed E-state index contributed by atoms with van der Waals surface area (Å²) in [5, 5.41) is 11.8. The van der Waals surface area contributed by atoms with E-state index in [0.717, 1.165) is 30.6 Å². The van der Waals surface area contributed by atoms with Crippen LogP contribution in [0.15, 0.2) is 36.2 Å². The predicted molar refractivity (Wildman–Crippen MR) is 68.8 cm³/mol. The van der Waals surface area contributed by atoms with Gasteiger partial charge in [-0.15, -0.1) is 0 Å². The van der Waals surface area contributed by atoms with Crippen LogP contribution < -0.4 is 11.1 Å². The molecule has 0 bridgehead atoms. The van der Waals surface area contributed by atoms with E-state index in [9.17, 15) is 4.79 Å². The third-order valence-corrected chi connectivity index (χ3v) is 2.38. The van der Waals surface area contributed by atoms with Crippen LogP contribution in [0.5, 0.6) is 0 Å². The van der Waals surface area contributed by atoms with Gasteiger partial charge in [-0.25, -0.2) is 4.79 Å². The van der Waals surface area contributed by atoms with Crippen molar-refractivity contribution < 1.29 is 9.90 Å². The lowest BCUT2D eigenvalue weighted by atomic mass is 10.2. The van der Waals surface area contributed by atoms with Crippen molar-refractivity contribution in [3.05, 3.63) is 41.7 Å². The number of unbranched alkanes of at least 4 members (excludes halogenated alkanes) is 1. The van der Waals surface area contributed by atoms with Crippen molar-refractivity contribution in [3.63, 3.8) is 0 Å². The number of aromatic carboxylic acids is 1. The molecule has 0 spiro atoms. The maximum absolute atomic E-state index is 10.6. The van der Waals surface area contributed by atoms with E-state index in [1.165, 1.54) is 0 Å². The van der Waals surface area contributed by atoms with Gasteiger partial charge in [-0.1, -0.05) is 13.3 Å². The van der Waals surface area contributed by atoms with Crippen LogP contribution in [0.2, 0.25) is 0 Å². The zero-order valence-corrected chi connectivity index (χ0v) is 9.94. The highest BCUT2D eigenvalue weighted by atomic mass is 16.4. The number of allylic oxidation sites excluding steroid dienone is 1. The fourth-order valence-electron chi connectivity index (χ4n) is 1.34. The van der Waals surface area contributed by atoms with Crippen molar-refractivity contribution in [2.24, 2.45) is 5.73 Å². The lowest BCUT2D eigenvalue weighted by molar-refractivity contribution is 0.0697. The Labute approximate surface area is 101 Å². The molecule has 0 radical (unpaired) electrons. The number of benzene rings is 1. The number of nitrogens with one attached hydrogen (secondary N) is 1. The fraction of sp³-hybridized carbons (Fsp3) is 0.308. The molecule has 4 N–H and O–H groups in total. The smallest absolute Gasteiger partial charge is 0.335 e. The molecular weight excluding hydrogens is 216 g/mol. The average molecular weight is 234 g/mol. The van der Waals surface area contributed by atoms with E-state index >= 15 is 0 Å². The Balaban J connectivity index is 2.54. The van der Waals surface area contributed by atoms with Crippen LogP contribution in [0.1, 0.15) is 36.5 Å². The number of nitrogens with two attached hydrogens (primary N) is 1. The first-order chi connectivity index (χ1) is 8.13. The summed E-state index contributed by atoms with van der Waals surface area (Å²) in [5.41, 5.74) is 7.69. The molecule has 1 aromatic carbocycles. The standard InChI is InChI=1S/C13H18N2O2/c1-2-3-4-11(14)9-15-12-7-5-10(6-8-12)13(16)17/h5-9,15H,2-4,14H2,1H3,(H,16,17)/b11-9-. The second-order valence-corrected chi connectivity index (χ2v) is 3.85. The molecule has 1 aromatic rings. The highest BCUT2D eigenvalue weighted by Gasteiger charge is 2.00. The zero-order chi connectivity index (χ0) is 12.7. The quantitative estimate of drug-likeness (QED) is 0.707. The Hall–Kier alpha value is -1.97.